The first-order valence-electron chi connectivity index (χ1n) is 6.90. The van der Waals surface area contributed by atoms with E-state index in [9.17, 15) is 5.11 Å². The third kappa shape index (κ3) is 2.62. The van der Waals surface area contributed by atoms with Gasteiger partial charge in [0.15, 0.2) is 0 Å². The molecule has 0 aromatic heterocycles. The molecule has 20 heavy (non-hydrogen) atoms. The van der Waals surface area contributed by atoms with Crippen molar-refractivity contribution in [2.75, 3.05) is 0 Å². The van der Waals surface area contributed by atoms with E-state index in [4.69, 9.17) is 0 Å². The van der Waals surface area contributed by atoms with Crippen molar-refractivity contribution in [3.63, 3.8) is 0 Å². The van der Waals surface area contributed by atoms with Crippen molar-refractivity contribution in [2.45, 2.75) is 33.1 Å². The van der Waals surface area contributed by atoms with E-state index in [2.05, 4.69) is 40.3 Å². The SMILES string of the molecule is C=Cc1ccccc1-c1cc(C)cc(C(C)(C)C)c1O. The summed E-state index contributed by atoms with van der Waals surface area (Å²) in [6.07, 6.45) is 1.83. The number of aryl methyl sites for hydroxylation is 1. The molecule has 0 unspecified atom stereocenters. The van der Waals surface area contributed by atoms with Gasteiger partial charge in [-0.1, -0.05) is 63.8 Å². The van der Waals surface area contributed by atoms with Gasteiger partial charge in [0.2, 0.25) is 0 Å². The van der Waals surface area contributed by atoms with Crippen LogP contribution in [0.25, 0.3) is 17.2 Å². The summed E-state index contributed by atoms with van der Waals surface area (Å²) in [5.74, 6) is 0.373. The number of phenols is 1. The average Bonchev–Trinajstić information content (AvgIpc) is 2.39. The van der Waals surface area contributed by atoms with Crippen LogP contribution < -0.4 is 0 Å². The highest BCUT2D eigenvalue weighted by Crippen LogP contribution is 2.40. The van der Waals surface area contributed by atoms with Gasteiger partial charge in [-0.15, -0.1) is 0 Å². The third-order valence-electron chi connectivity index (χ3n) is 3.53. The molecule has 0 heterocycles. The third-order valence-corrected chi connectivity index (χ3v) is 3.53. The summed E-state index contributed by atoms with van der Waals surface area (Å²) in [6.45, 7) is 12.3. The second-order valence-electron chi connectivity index (χ2n) is 6.25. The van der Waals surface area contributed by atoms with Gasteiger partial charge in [-0.3, -0.25) is 0 Å². The zero-order valence-corrected chi connectivity index (χ0v) is 12.7. The highest BCUT2D eigenvalue weighted by Gasteiger charge is 2.21. The Labute approximate surface area is 121 Å². The summed E-state index contributed by atoms with van der Waals surface area (Å²) in [5, 5.41) is 10.7. The lowest BCUT2D eigenvalue weighted by atomic mass is 9.82. The van der Waals surface area contributed by atoms with Crippen molar-refractivity contribution < 1.29 is 5.11 Å². The smallest absolute Gasteiger partial charge is 0.127 e. The van der Waals surface area contributed by atoms with Gasteiger partial charge in [0.25, 0.3) is 0 Å². The van der Waals surface area contributed by atoms with Gasteiger partial charge in [-0.2, -0.15) is 0 Å². The summed E-state index contributed by atoms with van der Waals surface area (Å²) >= 11 is 0. The van der Waals surface area contributed by atoms with Crippen LogP contribution in [0.2, 0.25) is 0 Å². The Balaban J connectivity index is 2.75. The first-order chi connectivity index (χ1) is 9.34. The lowest BCUT2D eigenvalue weighted by Gasteiger charge is -2.23. The molecule has 104 valence electrons. The molecular formula is C19H22O. The predicted octanol–water partition coefficient (Wildman–Crippen LogP) is 5.31. The summed E-state index contributed by atoms with van der Waals surface area (Å²) in [7, 11) is 0. The minimum absolute atomic E-state index is 0.0893. The molecule has 0 aliphatic carbocycles. The number of hydrogen-bond acceptors (Lipinski definition) is 1. The monoisotopic (exact) mass is 266 g/mol. The molecule has 2 aromatic carbocycles. The first kappa shape index (κ1) is 14.4. The highest BCUT2D eigenvalue weighted by molar-refractivity contribution is 5.80. The molecule has 1 heteroatoms. The Morgan fingerprint density at radius 2 is 1.70 bits per heavy atom. The number of phenolic OH excluding ortho intramolecular Hbond substituents is 1. The maximum absolute atomic E-state index is 10.7. The fourth-order valence-corrected chi connectivity index (χ4v) is 2.48. The van der Waals surface area contributed by atoms with E-state index < -0.39 is 0 Å². The minimum Gasteiger partial charge on any atom is -0.507 e. The van der Waals surface area contributed by atoms with Crippen molar-refractivity contribution in [3.05, 3.63) is 59.7 Å². The number of aromatic hydroxyl groups is 1. The molecule has 0 amide bonds. The lowest BCUT2D eigenvalue weighted by molar-refractivity contribution is 0.448. The van der Waals surface area contributed by atoms with Crippen LogP contribution >= 0.6 is 0 Å². The molecule has 0 aliphatic heterocycles. The van der Waals surface area contributed by atoms with Crippen LogP contribution in [-0.2, 0) is 5.41 Å². The summed E-state index contributed by atoms with van der Waals surface area (Å²) in [4.78, 5) is 0. The van der Waals surface area contributed by atoms with Crippen LogP contribution in [0.15, 0.2) is 43.0 Å². The van der Waals surface area contributed by atoms with Crippen LogP contribution in [0.4, 0.5) is 0 Å². The molecule has 0 radical (unpaired) electrons. The van der Waals surface area contributed by atoms with Crippen LogP contribution in [0.5, 0.6) is 5.75 Å². The Morgan fingerprint density at radius 1 is 1.05 bits per heavy atom. The fraction of sp³-hybridized carbons (Fsp3) is 0.263. The van der Waals surface area contributed by atoms with E-state index in [1.807, 2.05) is 36.4 Å². The van der Waals surface area contributed by atoms with Gasteiger partial charge in [0, 0.05) is 11.1 Å². The zero-order valence-electron chi connectivity index (χ0n) is 12.7. The Bertz CT molecular complexity index is 645. The highest BCUT2D eigenvalue weighted by atomic mass is 16.3. The van der Waals surface area contributed by atoms with Gasteiger partial charge in [-0.05, 0) is 35.1 Å². The van der Waals surface area contributed by atoms with Gasteiger partial charge in [0.1, 0.15) is 5.75 Å². The largest absolute Gasteiger partial charge is 0.507 e. The van der Waals surface area contributed by atoms with Crippen molar-refractivity contribution >= 4 is 6.08 Å². The summed E-state index contributed by atoms with van der Waals surface area (Å²) < 4.78 is 0. The average molecular weight is 266 g/mol. The molecule has 2 rings (SSSR count). The Kier molecular flexibility index (Phi) is 3.71. The predicted molar refractivity (Wildman–Crippen MR) is 87.1 cm³/mol. The Morgan fingerprint density at radius 3 is 2.30 bits per heavy atom. The maximum atomic E-state index is 10.7. The van der Waals surface area contributed by atoms with Crippen molar-refractivity contribution in [3.8, 4) is 16.9 Å². The summed E-state index contributed by atoms with van der Waals surface area (Å²) in [6, 6.07) is 12.1. The maximum Gasteiger partial charge on any atom is 0.127 e. The standard InChI is InChI=1S/C19H22O/c1-6-14-9-7-8-10-15(14)16-11-13(2)12-17(18(16)20)19(3,4)5/h6-12,20H,1H2,2-5H3. The molecular weight excluding hydrogens is 244 g/mol. The lowest BCUT2D eigenvalue weighted by Crippen LogP contribution is -2.12. The minimum atomic E-state index is -0.0893. The van der Waals surface area contributed by atoms with Crippen molar-refractivity contribution in [1.82, 2.24) is 0 Å². The molecule has 0 bridgehead atoms. The molecule has 0 atom stereocenters. The zero-order chi connectivity index (χ0) is 14.9. The summed E-state index contributed by atoms with van der Waals surface area (Å²) in [5.41, 5.74) is 4.98. The molecule has 0 saturated carbocycles. The van der Waals surface area contributed by atoms with Gasteiger partial charge in [0.05, 0.1) is 0 Å². The number of rotatable bonds is 2. The van der Waals surface area contributed by atoms with E-state index in [1.54, 1.807) is 0 Å². The van der Waals surface area contributed by atoms with E-state index in [-0.39, 0.29) is 5.41 Å². The van der Waals surface area contributed by atoms with Crippen molar-refractivity contribution in [1.29, 1.82) is 0 Å². The molecule has 0 spiro atoms. The first-order valence-corrected chi connectivity index (χ1v) is 6.90. The topological polar surface area (TPSA) is 20.2 Å². The Hall–Kier alpha value is -2.02. The van der Waals surface area contributed by atoms with Crippen molar-refractivity contribution in [2.24, 2.45) is 0 Å². The van der Waals surface area contributed by atoms with E-state index >= 15 is 0 Å². The van der Waals surface area contributed by atoms with Crippen LogP contribution in [0, 0.1) is 6.92 Å². The second kappa shape index (κ2) is 5.16. The van der Waals surface area contributed by atoms with Gasteiger partial charge >= 0.3 is 0 Å². The molecule has 0 aliphatic rings. The van der Waals surface area contributed by atoms with Crippen LogP contribution in [0.1, 0.15) is 37.5 Å². The number of hydrogen-bond donors (Lipinski definition) is 1. The molecule has 1 nitrogen and oxygen atoms in total. The molecule has 0 saturated heterocycles. The van der Waals surface area contributed by atoms with Gasteiger partial charge < -0.3 is 5.11 Å². The van der Waals surface area contributed by atoms with Crippen LogP contribution in [-0.4, -0.2) is 5.11 Å². The van der Waals surface area contributed by atoms with Crippen LogP contribution in [0.3, 0.4) is 0 Å². The van der Waals surface area contributed by atoms with Gasteiger partial charge in [-0.25, -0.2) is 0 Å². The van der Waals surface area contributed by atoms with E-state index in [0.717, 1.165) is 27.8 Å². The normalized spacial score (nSPS) is 11.4. The fourth-order valence-electron chi connectivity index (χ4n) is 2.48. The number of benzene rings is 2. The van der Waals surface area contributed by atoms with E-state index in [0.29, 0.717) is 5.75 Å². The molecule has 0 fully saturated rings. The molecule has 2 aromatic rings. The van der Waals surface area contributed by atoms with E-state index in [1.165, 1.54) is 0 Å². The molecule has 1 N–H and O–H groups in total. The second-order valence-corrected chi connectivity index (χ2v) is 6.25. The quantitative estimate of drug-likeness (QED) is 0.781.